The Kier molecular flexibility index (Phi) is 3.98. The van der Waals surface area contributed by atoms with Crippen molar-refractivity contribution in [1.82, 2.24) is 9.80 Å². The van der Waals surface area contributed by atoms with Gasteiger partial charge in [-0.25, -0.2) is 0 Å². The van der Waals surface area contributed by atoms with Crippen LogP contribution in [0.4, 0.5) is 0 Å². The highest BCUT2D eigenvalue weighted by molar-refractivity contribution is 7.14. The van der Waals surface area contributed by atoms with Gasteiger partial charge in [-0.3, -0.25) is 9.69 Å². The minimum atomic E-state index is 0.192. The molecule has 0 bridgehead atoms. The van der Waals surface area contributed by atoms with Crippen molar-refractivity contribution in [3.63, 3.8) is 0 Å². The number of piperidine rings is 1. The van der Waals surface area contributed by atoms with E-state index in [1.54, 1.807) is 18.4 Å². The fraction of sp³-hybridized carbons (Fsp3) is 0.722. The van der Waals surface area contributed by atoms with E-state index in [-0.39, 0.29) is 11.4 Å². The number of carbonyl (C=O) groups is 1. The molecule has 1 spiro atoms. The van der Waals surface area contributed by atoms with Crippen molar-refractivity contribution in [3.05, 3.63) is 21.4 Å². The molecule has 1 amide bonds. The number of likely N-dealkylation sites (N-methyl/N-ethyl adjacent to an activating group) is 1. The first-order valence-electron chi connectivity index (χ1n) is 8.72. The third kappa shape index (κ3) is 2.63. The highest BCUT2D eigenvalue weighted by atomic mass is 32.1. The maximum atomic E-state index is 12.8. The van der Waals surface area contributed by atoms with E-state index in [0.29, 0.717) is 5.92 Å². The van der Waals surface area contributed by atoms with Gasteiger partial charge in [0.2, 0.25) is 0 Å². The molecule has 1 aliphatic carbocycles. The van der Waals surface area contributed by atoms with Crippen molar-refractivity contribution in [2.45, 2.75) is 37.6 Å². The lowest BCUT2D eigenvalue weighted by Gasteiger charge is -2.58. The quantitative estimate of drug-likeness (QED) is 0.851. The zero-order valence-corrected chi connectivity index (χ0v) is 15.0. The first-order chi connectivity index (χ1) is 11.1. The first kappa shape index (κ1) is 15.6. The number of amides is 1. The number of rotatable bonds is 3. The maximum Gasteiger partial charge on any atom is 0.264 e. The van der Waals surface area contributed by atoms with Crippen LogP contribution in [0.5, 0.6) is 0 Å². The summed E-state index contributed by atoms with van der Waals surface area (Å²) in [6, 6.07) is 2.15. The lowest BCUT2D eigenvalue weighted by molar-refractivity contribution is -0.0729. The third-order valence-electron chi connectivity index (χ3n) is 5.97. The van der Waals surface area contributed by atoms with Crippen LogP contribution in [-0.4, -0.2) is 61.6 Å². The summed E-state index contributed by atoms with van der Waals surface area (Å²) < 4.78 is 5.36. The largest absolute Gasteiger partial charge is 0.384 e. The van der Waals surface area contributed by atoms with Crippen LogP contribution in [0.15, 0.2) is 6.07 Å². The summed E-state index contributed by atoms with van der Waals surface area (Å²) in [6.45, 7) is 3.72. The van der Waals surface area contributed by atoms with Crippen molar-refractivity contribution in [2.75, 3.05) is 40.4 Å². The summed E-state index contributed by atoms with van der Waals surface area (Å²) in [5, 5.41) is 0. The van der Waals surface area contributed by atoms with Gasteiger partial charge < -0.3 is 9.64 Å². The molecule has 0 radical (unpaired) electrons. The highest BCUT2D eigenvalue weighted by Gasteiger charge is 2.51. The van der Waals surface area contributed by atoms with E-state index in [2.05, 4.69) is 18.0 Å². The second-order valence-electron chi connectivity index (χ2n) is 7.53. The van der Waals surface area contributed by atoms with Crippen molar-refractivity contribution in [1.29, 1.82) is 0 Å². The molecule has 0 aromatic carbocycles. The minimum absolute atomic E-state index is 0.192. The van der Waals surface area contributed by atoms with E-state index in [4.69, 9.17) is 4.74 Å². The monoisotopic (exact) mass is 334 g/mol. The number of nitrogens with zero attached hydrogens (tertiary/aromatic N) is 2. The normalized spacial score (nSPS) is 26.3. The molecular formula is C18H26N2O2S. The summed E-state index contributed by atoms with van der Waals surface area (Å²) in [4.78, 5) is 19.7. The average molecular weight is 334 g/mol. The second kappa shape index (κ2) is 5.87. The number of likely N-dealkylation sites (tertiary alicyclic amines) is 2. The van der Waals surface area contributed by atoms with Crippen LogP contribution in [0.25, 0.3) is 0 Å². The molecule has 0 N–H and O–H groups in total. The molecule has 1 unspecified atom stereocenters. The average Bonchev–Trinajstić information content (AvgIpc) is 3.08. The molecule has 0 saturated carbocycles. The van der Waals surface area contributed by atoms with Gasteiger partial charge >= 0.3 is 0 Å². The number of thiophene rings is 1. The molecular weight excluding hydrogens is 308 g/mol. The second-order valence-corrected chi connectivity index (χ2v) is 8.67. The Morgan fingerprint density at radius 3 is 3.00 bits per heavy atom. The van der Waals surface area contributed by atoms with E-state index >= 15 is 0 Å². The van der Waals surface area contributed by atoms with Crippen molar-refractivity contribution < 1.29 is 9.53 Å². The Hall–Kier alpha value is -0.910. The van der Waals surface area contributed by atoms with E-state index in [1.165, 1.54) is 29.7 Å². The molecule has 2 saturated heterocycles. The molecule has 3 aliphatic rings. The van der Waals surface area contributed by atoms with E-state index in [1.807, 2.05) is 4.90 Å². The van der Waals surface area contributed by atoms with E-state index in [9.17, 15) is 4.79 Å². The number of carbonyl (C=O) groups excluding carboxylic acids is 1. The standard InChI is InChI=1S/C18H26N2O2S/c1-19-7-6-13(10-22-2)9-18(19)11-20(12-18)17(21)16-8-14-4-3-5-15(14)23-16/h8,13H,3-7,9-12H2,1-2H3. The van der Waals surface area contributed by atoms with Gasteiger partial charge in [-0.2, -0.15) is 0 Å². The third-order valence-corrected chi connectivity index (χ3v) is 7.19. The van der Waals surface area contributed by atoms with Gasteiger partial charge in [0.1, 0.15) is 0 Å². The van der Waals surface area contributed by atoms with Crippen LogP contribution in [0.1, 0.15) is 39.4 Å². The first-order valence-corrected chi connectivity index (χ1v) is 9.54. The Labute approximate surface area is 142 Å². The van der Waals surface area contributed by atoms with Gasteiger partial charge in [-0.15, -0.1) is 11.3 Å². The lowest BCUT2D eigenvalue weighted by Crippen LogP contribution is -2.72. The van der Waals surface area contributed by atoms with Gasteiger partial charge in [0, 0.05) is 31.7 Å². The van der Waals surface area contributed by atoms with E-state index in [0.717, 1.165) is 44.0 Å². The van der Waals surface area contributed by atoms with Crippen LogP contribution in [-0.2, 0) is 17.6 Å². The molecule has 1 atom stereocenters. The van der Waals surface area contributed by atoms with Crippen molar-refractivity contribution in [2.24, 2.45) is 5.92 Å². The van der Waals surface area contributed by atoms with Crippen LogP contribution in [0.3, 0.4) is 0 Å². The molecule has 23 heavy (non-hydrogen) atoms. The molecule has 1 aromatic heterocycles. The fourth-order valence-corrected chi connectivity index (χ4v) is 5.78. The summed E-state index contributed by atoms with van der Waals surface area (Å²) in [7, 11) is 4.00. The summed E-state index contributed by atoms with van der Waals surface area (Å²) in [6.07, 6.45) is 5.94. The Bertz CT molecular complexity index is 585. The molecule has 126 valence electrons. The number of aryl methyl sites for hydroxylation is 2. The zero-order valence-electron chi connectivity index (χ0n) is 14.1. The maximum absolute atomic E-state index is 12.8. The molecule has 4 rings (SSSR count). The van der Waals surface area contributed by atoms with Gasteiger partial charge in [-0.05, 0) is 63.2 Å². The summed E-state index contributed by atoms with van der Waals surface area (Å²) in [5.74, 6) is 0.885. The lowest BCUT2D eigenvalue weighted by atomic mass is 9.75. The van der Waals surface area contributed by atoms with Crippen LogP contribution in [0.2, 0.25) is 0 Å². The van der Waals surface area contributed by atoms with Gasteiger partial charge in [-0.1, -0.05) is 0 Å². The number of methoxy groups -OCH3 is 1. The number of hydrogen-bond donors (Lipinski definition) is 0. The van der Waals surface area contributed by atoms with Gasteiger partial charge in [0.05, 0.1) is 10.4 Å². The predicted molar refractivity (Wildman–Crippen MR) is 92.2 cm³/mol. The molecule has 1 aromatic rings. The molecule has 5 heteroatoms. The summed E-state index contributed by atoms with van der Waals surface area (Å²) in [5.41, 5.74) is 1.61. The molecule has 2 aliphatic heterocycles. The molecule has 4 nitrogen and oxygen atoms in total. The smallest absolute Gasteiger partial charge is 0.264 e. The fourth-order valence-electron chi connectivity index (χ4n) is 4.56. The topological polar surface area (TPSA) is 32.8 Å². The van der Waals surface area contributed by atoms with Crippen LogP contribution in [0, 0.1) is 5.92 Å². The molecule has 3 heterocycles. The minimum Gasteiger partial charge on any atom is -0.384 e. The Morgan fingerprint density at radius 1 is 1.43 bits per heavy atom. The van der Waals surface area contributed by atoms with E-state index < -0.39 is 0 Å². The molecule has 2 fully saturated rings. The van der Waals surface area contributed by atoms with Crippen molar-refractivity contribution >= 4 is 17.2 Å². The number of ether oxygens (including phenoxy) is 1. The number of fused-ring (bicyclic) bond motifs is 1. The Balaban J connectivity index is 1.42. The van der Waals surface area contributed by atoms with Crippen LogP contribution >= 0.6 is 11.3 Å². The zero-order chi connectivity index (χ0) is 16.0. The number of hydrogen-bond acceptors (Lipinski definition) is 4. The summed E-state index contributed by atoms with van der Waals surface area (Å²) >= 11 is 1.73. The predicted octanol–water partition coefficient (Wildman–Crippen LogP) is 2.42. The van der Waals surface area contributed by atoms with Gasteiger partial charge in [0.25, 0.3) is 5.91 Å². The SMILES string of the molecule is COCC1CCN(C)C2(C1)CN(C(=O)c1cc3c(s1)CCC3)C2. The van der Waals surface area contributed by atoms with Crippen LogP contribution < -0.4 is 0 Å². The highest BCUT2D eigenvalue weighted by Crippen LogP contribution is 2.40. The Morgan fingerprint density at radius 2 is 2.26 bits per heavy atom. The van der Waals surface area contributed by atoms with Crippen molar-refractivity contribution in [3.8, 4) is 0 Å². The van der Waals surface area contributed by atoms with Gasteiger partial charge in [0.15, 0.2) is 0 Å².